The minimum absolute atomic E-state index is 0.179. The summed E-state index contributed by atoms with van der Waals surface area (Å²) in [4.78, 5) is 10.3. The van der Waals surface area contributed by atoms with Crippen molar-refractivity contribution in [2.45, 2.75) is 32.6 Å². The van der Waals surface area contributed by atoms with Crippen LogP contribution < -0.4 is 0 Å². The second-order valence-electron chi connectivity index (χ2n) is 3.40. The lowest BCUT2D eigenvalue weighted by molar-refractivity contribution is -0.107. The largest absolute Gasteiger partial charge is 0.359 e. The van der Waals surface area contributed by atoms with E-state index in [1.807, 2.05) is 6.92 Å². The Balaban J connectivity index is 4.45. The van der Waals surface area contributed by atoms with Gasteiger partial charge >= 0.3 is 0 Å². The van der Waals surface area contributed by atoms with E-state index < -0.39 is 0 Å². The molecule has 0 amide bonds. The molecule has 0 atom stereocenters. The third kappa shape index (κ3) is 6.33. The van der Waals surface area contributed by atoms with Gasteiger partial charge in [0.25, 0.3) is 0 Å². The van der Waals surface area contributed by atoms with Crippen LogP contribution in [-0.4, -0.2) is 26.8 Å². The highest BCUT2D eigenvalue weighted by Crippen LogP contribution is 2.16. The Morgan fingerprint density at radius 1 is 1.44 bits per heavy atom. The number of hydrogen-bond acceptors (Lipinski definition) is 4. The lowest BCUT2D eigenvalue weighted by Gasteiger charge is -2.08. The molecule has 0 aliphatic heterocycles. The van der Waals surface area contributed by atoms with Gasteiger partial charge in [-0.15, -0.1) is 0 Å². The summed E-state index contributed by atoms with van der Waals surface area (Å²) < 4.78 is 9.90. The predicted molar refractivity (Wildman–Crippen MR) is 60.7 cm³/mol. The van der Waals surface area contributed by atoms with Gasteiger partial charge in [-0.2, -0.15) is 5.26 Å². The van der Waals surface area contributed by atoms with Crippen molar-refractivity contribution < 1.29 is 14.3 Å². The third-order valence-corrected chi connectivity index (χ3v) is 2.13. The number of nitrogens with zero attached hydrogens (tertiary/aromatic N) is 1. The van der Waals surface area contributed by atoms with E-state index in [4.69, 9.17) is 14.7 Å². The van der Waals surface area contributed by atoms with Gasteiger partial charge in [0, 0.05) is 13.5 Å². The number of aldehydes is 1. The lowest BCUT2D eigenvalue weighted by atomic mass is 10.00. The highest BCUT2D eigenvalue weighted by Gasteiger charge is 2.06. The molecule has 90 valence electrons. The molecule has 0 heterocycles. The van der Waals surface area contributed by atoms with Crippen LogP contribution in [0.2, 0.25) is 0 Å². The van der Waals surface area contributed by atoms with Crippen LogP contribution in [0.4, 0.5) is 0 Å². The normalized spacial score (nSPS) is 11.8. The maximum absolute atomic E-state index is 10.3. The van der Waals surface area contributed by atoms with Gasteiger partial charge in [-0.05, 0) is 12.8 Å². The van der Waals surface area contributed by atoms with E-state index >= 15 is 0 Å². The molecule has 16 heavy (non-hydrogen) atoms. The Bertz CT molecular complexity index is 266. The zero-order valence-corrected chi connectivity index (χ0v) is 9.99. The number of carbonyl (C=O) groups excluding carboxylic acids is 1. The standard InChI is InChI=1S/C12H19NO3/c1-3-5-11(6-4-7-14)12(8-13)9-16-10-15-2/h7H,3-6,9-10H2,1-2H3/b12-11+. The third-order valence-electron chi connectivity index (χ3n) is 2.13. The fourth-order valence-electron chi connectivity index (χ4n) is 1.40. The van der Waals surface area contributed by atoms with E-state index in [0.717, 1.165) is 24.7 Å². The Hall–Kier alpha value is -1.18. The second-order valence-corrected chi connectivity index (χ2v) is 3.40. The van der Waals surface area contributed by atoms with E-state index in [2.05, 4.69) is 6.07 Å². The number of methoxy groups -OCH3 is 1. The quantitative estimate of drug-likeness (QED) is 0.261. The molecule has 0 saturated carbocycles. The van der Waals surface area contributed by atoms with Crippen molar-refractivity contribution in [2.24, 2.45) is 0 Å². The van der Waals surface area contributed by atoms with Crippen LogP contribution in [0.1, 0.15) is 32.6 Å². The molecule has 0 aliphatic carbocycles. The number of ether oxygens (including phenoxy) is 2. The Labute approximate surface area is 96.8 Å². The summed E-state index contributed by atoms with van der Waals surface area (Å²) in [5.41, 5.74) is 1.65. The summed E-state index contributed by atoms with van der Waals surface area (Å²) in [6, 6.07) is 2.14. The lowest BCUT2D eigenvalue weighted by Crippen LogP contribution is -2.03. The van der Waals surface area contributed by atoms with E-state index in [0.29, 0.717) is 18.4 Å². The van der Waals surface area contributed by atoms with Crippen molar-refractivity contribution in [3.63, 3.8) is 0 Å². The Morgan fingerprint density at radius 3 is 2.69 bits per heavy atom. The van der Waals surface area contributed by atoms with Gasteiger partial charge in [-0.25, -0.2) is 0 Å². The molecule has 0 aromatic rings. The number of hydrogen-bond donors (Lipinski definition) is 0. The van der Waals surface area contributed by atoms with Gasteiger partial charge < -0.3 is 14.3 Å². The minimum atomic E-state index is 0.179. The maximum atomic E-state index is 10.3. The molecule has 0 aliphatic rings. The molecule has 0 bridgehead atoms. The summed E-state index contributed by atoms with van der Waals surface area (Å²) in [6.45, 7) is 2.49. The molecule has 4 nitrogen and oxygen atoms in total. The van der Waals surface area contributed by atoms with Crippen molar-refractivity contribution in [1.82, 2.24) is 0 Å². The fraction of sp³-hybridized carbons (Fsp3) is 0.667. The zero-order valence-electron chi connectivity index (χ0n) is 9.99. The molecule has 0 N–H and O–H groups in total. The summed E-state index contributed by atoms with van der Waals surface area (Å²) in [5, 5.41) is 9.00. The zero-order chi connectivity index (χ0) is 12.2. The number of allylic oxidation sites excluding steroid dienone is 1. The average Bonchev–Trinajstić information content (AvgIpc) is 2.31. The van der Waals surface area contributed by atoms with Crippen molar-refractivity contribution in [3.05, 3.63) is 11.1 Å². The summed E-state index contributed by atoms with van der Waals surface area (Å²) in [5.74, 6) is 0. The predicted octanol–water partition coefficient (Wildman–Crippen LogP) is 2.21. The second kappa shape index (κ2) is 10.3. The van der Waals surface area contributed by atoms with Crippen molar-refractivity contribution >= 4 is 6.29 Å². The molecular weight excluding hydrogens is 206 g/mol. The van der Waals surface area contributed by atoms with Crippen LogP contribution in [-0.2, 0) is 14.3 Å². The molecule has 0 rings (SSSR count). The number of carbonyl (C=O) groups is 1. The number of rotatable bonds is 9. The topological polar surface area (TPSA) is 59.3 Å². The fourth-order valence-corrected chi connectivity index (χ4v) is 1.40. The number of nitriles is 1. The molecule has 4 heteroatoms. The monoisotopic (exact) mass is 225 g/mol. The molecular formula is C12H19NO3. The molecule has 0 aromatic carbocycles. The molecule has 0 fully saturated rings. The molecule has 0 unspecified atom stereocenters. The van der Waals surface area contributed by atoms with Crippen LogP contribution in [0.5, 0.6) is 0 Å². The van der Waals surface area contributed by atoms with Gasteiger partial charge in [0.2, 0.25) is 0 Å². The van der Waals surface area contributed by atoms with E-state index in [1.165, 1.54) is 7.11 Å². The van der Waals surface area contributed by atoms with Gasteiger partial charge in [-0.3, -0.25) is 0 Å². The first-order chi connectivity index (χ1) is 7.79. The summed E-state index contributed by atoms with van der Waals surface area (Å²) in [7, 11) is 1.54. The van der Waals surface area contributed by atoms with E-state index in [1.54, 1.807) is 0 Å². The van der Waals surface area contributed by atoms with Crippen molar-refractivity contribution in [3.8, 4) is 6.07 Å². The van der Waals surface area contributed by atoms with Gasteiger partial charge in [0.1, 0.15) is 13.1 Å². The summed E-state index contributed by atoms with van der Waals surface area (Å²) in [6.07, 6.45) is 3.79. The molecule has 0 aromatic heterocycles. The molecule has 0 spiro atoms. The Kier molecular flexibility index (Phi) is 9.58. The van der Waals surface area contributed by atoms with Crippen LogP contribution in [0, 0.1) is 11.3 Å². The van der Waals surface area contributed by atoms with Crippen LogP contribution in [0.25, 0.3) is 0 Å². The minimum Gasteiger partial charge on any atom is -0.359 e. The maximum Gasteiger partial charge on any atom is 0.146 e. The van der Waals surface area contributed by atoms with E-state index in [9.17, 15) is 4.79 Å². The molecule has 0 saturated heterocycles. The first kappa shape index (κ1) is 14.8. The van der Waals surface area contributed by atoms with E-state index in [-0.39, 0.29) is 13.4 Å². The van der Waals surface area contributed by atoms with Crippen molar-refractivity contribution in [2.75, 3.05) is 20.5 Å². The summed E-state index contributed by atoms with van der Waals surface area (Å²) >= 11 is 0. The highest BCUT2D eigenvalue weighted by molar-refractivity contribution is 5.50. The molecule has 0 radical (unpaired) electrons. The smallest absolute Gasteiger partial charge is 0.146 e. The van der Waals surface area contributed by atoms with Crippen LogP contribution >= 0.6 is 0 Å². The van der Waals surface area contributed by atoms with Gasteiger partial charge in [0.05, 0.1) is 18.2 Å². The first-order valence-electron chi connectivity index (χ1n) is 5.41. The average molecular weight is 225 g/mol. The Morgan fingerprint density at radius 2 is 2.19 bits per heavy atom. The van der Waals surface area contributed by atoms with Crippen LogP contribution in [0.3, 0.4) is 0 Å². The van der Waals surface area contributed by atoms with Crippen LogP contribution in [0.15, 0.2) is 11.1 Å². The highest BCUT2D eigenvalue weighted by atomic mass is 16.7. The SMILES string of the molecule is CCC/C(CCC=O)=C(/C#N)COCOC. The first-order valence-corrected chi connectivity index (χ1v) is 5.41. The van der Waals surface area contributed by atoms with Gasteiger partial charge in [0.15, 0.2) is 0 Å². The van der Waals surface area contributed by atoms with Gasteiger partial charge in [-0.1, -0.05) is 18.9 Å². The van der Waals surface area contributed by atoms with Crippen molar-refractivity contribution in [1.29, 1.82) is 5.26 Å².